The van der Waals surface area contributed by atoms with Crippen molar-refractivity contribution in [1.82, 2.24) is 20.7 Å². The van der Waals surface area contributed by atoms with Gasteiger partial charge in [-0.3, -0.25) is 30.1 Å². The molecule has 2 rings (SSSR count). The zero-order chi connectivity index (χ0) is 15.6. The third-order valence-electron chi connectivity index (χ3n) is 2.65. The van der Waals surface area contributed by atoms with Gasteiger partial charge >= 0.3 is 6.03 Å². The first kappa shape index (κ1) is 15.4. The molecule has 0 unspecified atom stereocenters. The van der Waals surface area contributed by atoms with Crippen molar-refractivity contribution in [3.8, 4) is 0 Å². The number of hydrogen-bond acceptors (Lipinski definition) is 5. The first-order valence-corrected chi connectivity index (χ1v) is 7.39. The van der Waals surface area contributed by atoms with Gasteiger partial charge in [0.05, 0.1) is 8.66 Å². The van der Waals surface area contributed by atoms with Crippen LogP contribution in [0.3, 0.4) is 0 Å². The molecule has 0 atom stereocenters. The molecule has 10 heteroatoms. The summed E-state index contributed by atoms with van der Waals surface area (Å²) in [5, 5.41) is 0. The largest absolute Gasteiger partial charge is 0.327 e. The highest BCUT2D eigenvalue weighted by Crippen LogP contribution is 2.21. The lowest BCUT2D eigenvalue weighted by Gasteiger charge is -2.13. The summed E-state index contributed by atoms with van der Waals surface area (Å²) in [5.74, 6) is -1.59. The van der Waals surface area contributed by atoms with Crippen LogP contribution in [0.4, 0.5) is 4.79 Å². The molecular weight excluding hydrogens is 364 g/mol. The fourth-order valence-electron chi connectivity index (χ4n) is 1.63. The van der Waals surface area contributed by atoms with E-state index in [0.717, 1.165) is 8.69 Å². The van der Waals surface area contributed by atoms with Gasteiger partial charge in [-0.15, -0.1) is 11.3 Å². The predicted octanol–water partition coefficient (Wildman–Crippen LogP) is 0.166. The van der Waals surface area contributed by atoms with Gasteiger partial charge in [0.1, 0.15) is 13.1 Å². The summed E-state index contributed by atoms with van der Waals surface area (Å²) in [7, 11) is 1.47. The molecule has 1 aromatic heterocycles. The van der Waals surface area contributed by atoms with Crippen molar-refractivity contribution in [2.24, 2.45) is 0 Å². The molecule has 1 saturated heterocycles. The molecule has 112 valence electrons. The smallest absolute Gasteiger partial charge is 0.318 e. The minimum Gasteiger partial charge on any atom is -0.318 e. The number of halogens is 1. The minimum absolute atomic E-state index is 0.0539. The Morgan fingerprint density at radius 3 is 2.57 bits per heavy atom. The van der Waals surface area contributed by atoms with Crippen LogP contribution in [0.15, 0.2) is 15.9 Å². The monoisotopic (exact) mass is 374 g/mol. The highest BCUT2D eigenvalue weighted by Gasteiger charge is 2.34. The molecule has 0 aromatic carbocycles. The number of imide groups is 1. The van der Waals surface area contributed by atoms with Crippen LogP contribution in [0.25, 0.3) is 0 Å². The average Bonchev–Trinajstić information content (AvgIpc) is 2.96. The Labute approximate surface area is 132 Å². The summed E-state index contributed by atoms with van der Waals surface area (Å²) >= 11 is 4.43. The molecule has 2 heterocycles. The van der Waals surface area contributed by atoms with E-state index in [1.807, 2.05) is 0 Å². The van der Waals surface area contributed by atoms with Gasteiger partial charge in [-0.1, -0.05) is 0 Å². The zero-order valence-corrected chi connectivity index (χ0v) is 13.3. The maximum atomic E-state index is 11.7. The standard InChI is InChI=1S/C11H11BrN4O4S/c1-15-5-9(18)16(11(15)20)4-8(17)13-14-10(19)6-2-3-7(12)21-6/h2-3H,4-5H2,1H3,(H,13,17)(H,14,19). The third kappa shape index (κ3) is 3.58. The number of hydrogen-bond donors (Lipinski definition) is 2. The van der Waals surface area contributed by atoms with Gasteiger partial charge in [-0.2, -0.15) is 0 Å². The molecule has 1 fully saturated rings. The van der Waals surface area contributed by atoms with E-state index in [4.69, 9.17) is 0 Å². The first-order chi connectivity index (χ1) is 9.88. The summed E-state index contributed by atoms with van der Waals surface area (Å²) in [6.45, 7) is -0.488. The lowest BCUT2D eigenvalue weighted by molar-refractivity contribution is -0.131. The maximum absolute atomic E-state index is 11.7. The van der Waals surface area contributed by atoms with Crippen molar-refractivity contribution in [3.05, 3.63) is 20.8 Å². The molecule has 0 saturated carbocycles. The van der Waals surface area contributed by atoms with E-state index < -0.39 is 30.3 Å². The molecule has 0 radical (unpaired) electrons. The lowest BCUT2D eigenvalue weighted by Crippen LogP contribution is -2.47. The number of amides is 5. The number of likely N-dealkylation sites (N-methyl/N-ethyl adjacent to an activating group) is 1. The Morgan fingerprint density at radius 1 is 1.33 bits per heavy atom. The molecule has 5 amide bonds. The number of nitrogens with one attached hydrogen (secondary N) is 2. The highest BCUT2D eigenvalue weighted by molar-refractivity contribution is 9.11. The van der Waals surface area contributed by atoms with Crippen LogP contribution in [0, 0.1) is 0 Å². The summed E-state index contributed by atoms with van der Waals surface area (Å²) in [6.07, 6.45) is 0. The molecule has 8 nitrogen and oxygen atoms in total. The number of rotatable bonds is 3. The fourth-order valence-corrected chi connectivity index (χ4v) is 2.91. The van der Waals surface area contributed by atoms with Crippen LogP contribution >= 0.6 is 27.3 Å². The van der Waals surface area contributed by atoms with Crippen molar-refractivity contribution >= 4 is 51.0 Å². The second kappa shape index (κ2) is 6.22. The first-order valence-electron chi connectivity index (χ1n) is 5.78. The summed E-state index contributed by atoms with van der Waals surface area (Å²) in [6, 6.07) is 2.76. The fraction of sp³-hybridized carbons (Fsp3) is 0.273. The molecule has 0 aliphatic carbocycles. The lowest BCUT2D eigenvalue weighted by atomic mass is 10.4. The molecule has 0 bridgehead atoms. The van der Waals surface area contributed by atoms with Gasteiger partial charge in [-0.25, -0.2) is 4.79 Å². The van der Waals surface area contributed by atoms with E-state index in [2.05, 4.69) is 26.8 Å². The summed E-state index contributed by atoms with van der Waals surface area (Å²) in [4.78, 5) is 48.8. The van der Waals surface area contributed by atoms with Crippen LogP contribution in [0.5, 0.6) is 0 Å². The third-order valence-corrected chi connectivity index (χ3v) is 4.27. The van der Waals surface area contributed by atoms with E-state index in [1.54, 1.807) is 12.1 Å². The quantitative estimate of drug-likeness (QED) is 0.581. The molecule has 1 aliphatic rings. The highest BCUT2D eigenvalue weighted by atomic mass is 79.9. The maximum Gasteiger partial charge on any atom is 0.327 e. The van der Waals surface area contributed by atoms with E-state index in [0.29, 0.717) is 4.88 Å². The van der Waals surface area contributed by atoms with Crippen molar-refractivity contribution in [2.75, 3.05) is 20.1 Å². The van der Waals surface area contributed by atoms with Gasteiger partial charge in [0.15, 0.2) is 0 Å². The van der Waals surface area contributed by atoms with E-state index in [-0.39, 0.29) is 6.54 Å². The number of carbonyl (C=O) groups excluding carboxylic acids is 4. The molecule has 1 aliphatic heterocycles. The average molecular weight is 375 g/mol. The Hall–Kier alpha value is -1.94. The number of carbonyl (C=O) groups is 4. The van der Waals surface area contributed by atoms with Crippen LogP contribution in [0.2, 0.25) is 0 Å². The number of nitrogens with zero attached hydrogens (tertiary/aromatic N) is 2. The van der Waals surface area contributed by atoms with Gasteiger partial charge in [0.25, 0.3) is 17.7 Å². The van der Waals surface area contributed by atoms with Crippen molar-refractivity contribution in [1.29, 1.82) is 0 Å². The van der Waals surface area contributed by atoms with Crippen LogP contribution in [0.1, 0.15) is 9.67 Å². The van der Waals surface area contributed by atoms with Gasteiger partial charge in [-0.05, 0) is 28.1 Å². The summed E-state index contributed by atoms with van der Waals surface area (Å²) < 4.78 is 0.787. The SMILES string of the molecule is CN1CC(=O)N(CC(=O)NNC(=O)c2ccc(Br)s2)C1=O. The molecule has 1 aromatic rings. The Balaban J connectivity index is 1.84. The minimum atomic E-state index is -0.657. The van der Waals surface area contributed by atoms with Crippen molar-refractivity contribution in [3.63, 3.8) is 0 Å². The molecule has 2 N–H and O–H groups in total. The number of urea groups is 1. The topological polar surface area (TPSA) is 98.8 Å². The predicted molar refractivity (Wildman–Crippen MR) is 77.4 cm³/mol. The van der Waals surface area contributed by atoms with Crippen LogP contribution in [-0.2, 0) is 9.59 Å². The Bertz CT molecular complexity index is 617. The molecular formula is C11H11BrN4O4S. The second-order valence-corrected chi connectivity index (χ2v) is 6.69. The van der Waals surface area contributed by atoms with Crippen LogP contribution in [-0.4, -0.2) is 53.7 Å². The zero-order valence-electron chi connectivity index (χ0n) is 10.9. The summed E-state index contributed by atoms with van der Waals surface area (Å²) in [5.41, 5.74) is 4.38. The number of hydrazine groups is 1. The van der Waals surface area contributed by atoms with Crippen molar-refractivity contribution in [2.45, 2.75) is 0 Å². The van der Waals surface area contributed by atoms with Crippen molar-refractivity contribution < 1.29 is 19.2 Å². The molecule has 0 spiro atoms. The molecule has 21 heavy (non-hydrogen) atoms. The van der Waals surface area contributed by atoms with Gasteiger partial charge in [0, 0.05) is 7.05 Å². The second-order valence-electron chi connectivity index (χ2n) is 4.22. The van der Waals surface area contributed by atoms with Crippen LogP contribution < -0.4 is 10.9 Å². The van der Waals surface area contributed by atoms with E-state index >= 15 is 0 Å². The van der Waals surface area contributed by atoms with E-state index in [1.165, 1.54) is 23.3 Å². The van der Waals surface area contributed by atoms with E-state index in [9.17, 15) is 19.2 Å². The van der Waals surface area contributed by atoms with Gasteiger partial charge in [0.2, 0.25) is 0 Å². The normalized spacial score (nSPS) is 14.6. The van der Waals surface area contributed by atoms with Gasteiger partial charge < -0.3 is 4.90 Å². The number of thiophene rings is 1. The Morgan fingerprint density at radius 2 is 2.05 bits per heavy atom. The Kier molecular flexibility index (Phi) is 4.58.